The molecule has 1 aromatic rings. The van der Waals surface area contributed by atoms with E-state index in [-0.39, 0.29) is 18.2 Å². The van der Waals surface area contributed by atoms with Crippen molar-refractivity contribution >= 4 is 17.5 Å². The number of para-hydroxylation sites is 1. The van der Waals surface area contributed by atoms with E-state index in [2.05, 4.69) is 12.2 Å². The highest BCUT2D eigenvalue weighted by Gasteiger charge is 2.14. The second-order valence-electron chi connectivity index (χ2n) is 4.17. The van der Waals surface area contributed by atoms with Gasteiger partial charge in [0.25, 0.3) is 0 Å². The molecule has 0 aromatic heterocycles. The van der Waals surface area contributed by atoms with Gasteiger partial charge in [0.05, 0.1) is 0 Å². The summed E-state index contributed by atoms with van der Waals surface area (Å²) in [6, 6.07) is 9.29. The minimum Gasteiger partial charge on any atom is -0.356 e. The highest BCUT2D eigenvalue weighted by Crippen LogP contribution is 2.11. The summed E-state index contributed by atoms with van der Waals surface area (Å²) < 4.78 is 0. The van der Waals surface area contributed by atoms with Gasteiger partial charge in [0.2, 0.25) is 11.8 Å². The molecule has 0 atom stereocenters. The Bertz CT molecular complexity index is 390. The summed E-state index contributed by atoms with van der Waals surface area (Å²) in [5.74, 6) is -0.411. The Morgan fingerprint density at radius 2 is 1.89 bits per heavy atom. The molecule has 1 aromatic carbocycles. The topological polar surface area (TPSA) is 49.4 Å². The smallest absolute Gasteiger partial charge is 0.236 e. The monoisotopic (exact) mass is 248 g/mol. The van der Waals surface area contributed by atoms with Crippen molar-refractivity contribution in [1.29, 1.82) is 0 Å². The van der Waals surface area contributed by atoms with Crippen molar-refractivity contribution < 1.29 is 9.59 Å². The van der Waals surface area contributed by atoms with Gasteiger partial charge in [-0.05, 0) is 18.6 Å². The molecule has 18 heavy (non-hydrogen) atoms. The lowest BCUT2D eigenvalue weighted by Crippen LogP contribution is -2.33. The van der Waals surface area contributed by atoms with Crippen LogP contribution >= 0.6 is 0 Å². The third-order valence-electron chi connectivity index (χ3n) is 2.68. The Morgan fingerprint density at radius 3 is 2.50 bits per heavy atom. The number of carbonyl (C=O) groups excluding carboxylic acids is 2. The molecule has 4 nitrogen and oxygen atoms in total. The normalized spacial score (nSPS) is 9.89. The molecule has 98 valence electrons. The molecule has 0 aliphatic rings. The van der Waals surface area contributed by atoms with Crippen LogP contribution in [-0.2, 0) is 9.59 Å². The first-order valence-electron chi connectivity index (χ1n) is 6.23. The van der Waals surface area contributed by atoms with Crippen LogP contribution in [0, 0.1) is 0 Å². The largest absolute Gasteiger partial charge is 0.356 e. The summed E-state index contributed by atoms with van der Waals surface area (Å²) in [6.45, 7) is 2.69. The van der Waals surface area contributed by atoms with E-state index < -0.39 is 0 Å². The number of benzene rings is 1. The van der Waals surface area contributed by atoms with Crippen LogP contribution < -0.4 is 10.2 Å². The van der Waals surface area contributed by atoms with Crippen LogP contribution in [0.1, 0.15) is 26.2 Å². The van der Waals surface area contributed by atoms with Gasteiger partial charge < -0.3 is 10.2 Å². The Kier molecular flexibility index (Phi) is 5.91. The number of unbranched alkanes of at least 4 members (excludes halogenated alkanes) is 1. The molecule has 0 saturated heterocycles. The van der Waals surface area contributed by atoms with E-state index in [9.17, 15) is 9.59 Å². The van der Waals surface area contributed by atoms with Crippen LogP contribution in [0.2, 0.25) is 0 Å². The molecular weight excluding hydrogens is 228 g/mol. The van der Waals surface area contributed by atoms with E-state index in [0.717, 1.165) is 18.5 Å². The predicted molar refractivity (Wildman–Crippen MR) is 72.4 cm³/mol. The Balaban J connectivity index is 2.43. The van der Waals surface area contributed by atoms with Gasteiger partial charge >= 0.3 is 0 Å². The number of hydrogen-bond donors (Lipinski definition) is 1. The third-order valence-corrected chi connectivity index (χ3v) is 2.68. The zero-order chi connectivity index (χ0) is 13.4. The molecule has 0 aliphatic heterocycles. The molecule has 0 fully saturated rings. The molecular formula is C14H20N2O2. The molecule has 0 heterocycles. The fourth-order valence-electron chi connectivity index (χ4n) is 1.52. The first-order chi connectivity index (χ1) is 8.65. The lowest BCUT2D eigenvalue weighted by atomic mass is 10.2. The molecule has 0 radical (unpaired) electrons. The van der Waals surface area contributed by atoms with Crippen LogP contribution in [0.5, 0.6) is 0 Å². The lowest BCUT2D eigenvalue weighted by Gasteiger charge is -2.16. The number of hydrogen-bond acceptors (Lipinski definition) is 2. The Hall–Kier alpha value is -1.84. The van der Waals surface area contributed by atoms with E-state index >= 15 is 0 Å². The molecule has 2 amide bonds. The molecule has 4 heteroatoms. The van der Waals surface area contributed by atoms with Crippen molar-refractivity contribution in [1.82, 2.24) is 5.32 Å². The number of nitrogens with zero attached hydrogens (tertiary/aromatic N) is 1. The van der Waals surface area contributed by atoms with Gasteiger partial charge in [-0.3, -0.25) is 9.59 Å². The Morgan fingerprint density at radius 1 is 1.22 bits per heavy atom. The van der Waals surface area contributed by atoms with E-state index in [1.165, 1.54) is 4.90 Å². The maximum Gasteiger partial charge on any atom is 0.236 e. The van der Waals surface area contributed by atoms with Gasteiger partial charge in [-0.1, -0.05) is 31.5 Å². The Labute approximate surface area is 108 Å². The van der Waals surface area contributed by atoms with Crippen LogP contribution in [0.25, 0.3) is 0 Å². The third kappa shape index (κ3) is 4.57. The molecule has 1 N–H and O–H groups in total. The minimum atomic E-state index is -0.212. The summed E-state index contributed by atoms with van der Waals surface area (Å²) in [6.07, 6.45) is 1.86. The fourth-order valence-corrected chi connectivity index (χ4v) is 1.52. The number of amides is 2. The second kappa shape index (κ2) is 7.48. The van der Waals surface area contributed by atoms with Crippen LogP contribution in [0.15, 0.2) is 30.3 Å². The predicted octanol–water partition coefficient (Wildman–Crippen LogP) is 1.96. The van der Waals surface area contributed by atoms with Gasteiger partial charge in [0, 0.05) is 19.3 Å². The van der Waals surface area contributed by atoms with Gasteiger partial charge in [0.1, 0.15) is 6.42 Å². The zero-order valence-corrected chi connectivity index (χ0v) is 11.0. The second-order valence-corrected chi connectivity index (χ2v) is 4.17. The first kappa shape index (κ1) is 14.2. The SMILES string of the molecule is CCCCNC(=O)CC(=O)N(C)c1ccccc1. The van der Waals surface area contributed by atoms with Crippen molar-refractivity contribution in [3.8, 4) is 0 Å². The molecule has 0 bridgehead atoms. The standard InChI is InChI=1S/C14H20N2O2/c1-3-4-10-15-13(17)11-14(18)16(2)12-8-6-5-7-9-12/h5-9H,3-4,10-11H2,1-2H3,(H,15,17). The highest BCUT2D eigenvalue weighted by atomic mass is 16.2. The summed E-state index contributed by atoms with van der Waals surface area (Å²) in [4.78, 5) is 24.9. The minimum absolute atomic E-state index is 0.102. The maximum atomic E-state index is 11.9. The van der Waals surface area contributed by atoms with Crippen LogP contribution in [0.3, 0.4) is 0 Å². The molecule has 1 rings (SSSR count). The average molecular weight is 248 g/mol. The quantitative estimate of drug-likeness (QED) is 0.618. The van der Waals surface area contributed by atoms with Crippen molar-refractivity contribution in [3.05, 3.63) is 30.3 Å². The van der Waals surface area contributed by atoms with Crippen LogP contribution in [0.4, 0.5) is 5.69 Å². The van der Waals surface area contributed by atoms with Crippen molar-refractivity contribution in [3.63, 3.8) is 0 Å². The van der Waals surface area contributed by atoms with E-state index in [1.807, 2.05) is 30.3 Å². The zero-order valence-electron chi connectivity index (χ0n) is 11.0. The van der Waals surface area contributed by atoms with Crippen LogP contribution in [-0.4, -0.2) is 25.4 Å². The van der Waals surface area contributed by atoms with Gasteiger partial charge in [-0.2, -0.15) is 0 Å². The van der Waals surface area contributed by atoms with Gasteiger partial charge in [0.15, 0.2) is 0 Å². The highest BCUT2D eigenvalue weighted by molar-refractivity contribution is 6.04. The lowest BCUT2D eigenvalue weighted by molar-refractivity contribution is -0.127. The number of rotatable bonds is 6. The summed E-state index contributed by atoms with van der Waals surface area (Å²) in [7, 11) is 1.68. The molecule has 0 aliphatic carbocycles. The van der Waals surface area contributed by atoms with Gasteiger partial charge in [-0.15, -0.1) is 0 Å². The maximum absolute atomic E-state index is 11.9. The van der Waals surface area contributed by atoms with Crippen molar-refractivity contribution in [2.75, 3.05) is 18.5 Å². The summed E-state index contributed by atoms with van der Waals surface area (Å²) in [5.41, 5.74) is 0.795. The number of carbonyl (C=O) groups is 2. The average Bonchev–Trinajstić information content (AvgIpc) is 2.39. The number of anilines is 1. The van der Waals surface area contributed by atoms with Crippen molar-refractivity contribution in [2.45, 2.75) is 26.2 Å². The summed E-state index contributed by atoms with van der Waals surface area (Å²) in [5, 5.41) is 2.73. The number of nitrogens with one attached hydrogen (secondary N) is 1. The summed E-state index contributed by atoms with van der Waals surface area (Å²) >= 11 is 0. The molecule has 0 unspecified atom stereocenters. The first-order valence-corrected chi connectivity index (χ1v) is 6.23. The molecule has 0 spiro atoms. The van der Waals surface area contributed by atoms with Gasteiger partial charge in [-0.25, -0.2) is 0 Å². The van der Waals surface area contributed by atoms with E-state index in [4.69, 9.17) is 0 Å². The van der Waals surface area contributed by atoms with Crippen molar-refractivity contribution in [2.24, 2.45) is 0 Å². The van der Waals surface area contributed by atoms with E-state index in [1.54, 1.807) is 7.05 Å². The molecule has 0 saturated carbocycles. The fraction of sp³-hybridized carbons (Fsp3) is 0.429. The van der Waals surface area contributed by atoms with E-state index in [0.29, 0.717) is 6.54 Å².